The monoisotopic (exact) mass is 367 g/mol. The normalized spacial score (nSPS) is 12.2. The lowest BCUT2D eigenvalue weighted by molar-refractivity contribution is -0.876. The molecule has 6 heteroatoms. The summed E-state index contributed by atoms with van der Waals surface area (Å²) in [7, 11) is 4.19. The van der Waals surface area contributed by atoms with Gasteiger partial charge in [-0.2, -0.15) is 0 Å². The Morgan fingerprint density at radius 3 is 2.33 bits per heavy atom. The molecule has 4 nitrogen and oxygen atoms in total. The van der Waals surface area contributed by atoms with Gasteiger partial charge in [-0.25, -0.2) is 0 Å². The highest BCUT2D eigenvalue weighted by molar-refractivity contribution is 6.35. The molecule has 1 atom stereocenters. The maximum absolute atomic E-state index is 12.8. The quantitative estimate of drug-likeness (QED) is 0.680. The van der Waals surface area contributed by atoms with Gasteiger partial charge in [0.1, 0.15) is 13.1 Å². The first-order valence-corrected chi connectivity index (χ1v) is 8.65. The Balaban J connectivity index is 2.14. The molecule has 0 saturated carbocycles. The summed E-state index contributed by atoms with van der Waals surface area (Å²) in [5, 5.41) is 5.96. The van der Waals surface area contributed by atoms with E-state index >= 15 is 0 Å². The van der Waals surface area contributed by atoms with Crippen molar-refractivity contribution in [3.8, 4) is 0 Å². The lowest BCUT2D eigenvalue weighted by Gasteiger charge is -2.17. The molecule has 0 fully saturated rings. The van der Waals surface area contributed by atoms with E-state index in [9.17, 15) is 4.79 Å². The minimum absolute atomic E-state index is 0.0895. The number of hydrogen-bond donors (Lipinski definition) is 3. The summed E-state index contributed by atoms with van der Waals surface area (Å²) in [6.45, 7) is 1.82. The molecule has 1 amide bonds. The third-order valence-electron chi connectivity index (χ3n) is 3.62. The fourth-order valence-electron chi connectivity index (χ4n) is 2.44. The lowest BCUT2D eigenvalue weighted by atomic mass is 10.1. The summed E-state index contributed by atoms with van der Waals surface area (Å²) >= 11 is 12.0. The van der Waals surface area contributed by atoms with Gasteiger partial charge in [0.05, 0.1) is 14.1 Å². The first-order chi connectivity index (χ1) is 11.5. The van der Waals surface area contributed by atoms with Gasteiger partial charge < -0.3 is 15.5 Å². The van der Waals surface area contributed by atoms with Gasteiger partial charge in [-0.05, 0) is 18.2 Å². The number of likely N-dealkylation sites (N-methyl/N-ethyl adjacent to an activating group) is 1. The van der Waals surface area contributed by atoms with Crippen LogP contribution in [0.25, 0.3) is 0 Å². The second-order valence-electron chi connectivity index (χ2n) is 6.02. The third kappa shape index (κ3) is 5.80. The molecule has 0 unspecified atom stereocenters. The number of amides is 1. The van der Waals surface area contributed by atoms with Crippen LogP contribution in [0.5, 0.6) is 0 Å². The van der Waals surface area contributed by atoms with Crippen molar-refractivity contribution in [3.05, 3.63) is 64.1 Å². The summed E-state index contributed by atoms with van der Waals surface area (Å²) in [5.41, 5.74) is 1.57. The van der Waals surface area contributed by atoms with Gasteiger partial charge in [-0.3, -0.25) is 4.79 Å². The minimum Gasteiger partial charge on any atom is -0.335 e. The van der Waals surface area contributed by atoms with Crippen molar-refractivity contribution in [2.45, 2.75) is 6.04 Å². The Kier molecular flexibility index (Phi) is 7.06. The summed E-state index contributed by atoms with van der Waals surface area (Å²) in [6, 6.07) is 14.5. The Morgan fingerprint density at radius 1 is 1.12 bits per heavy atom. The van der Waals surface area contributed by atoms with Gasteiger partial charge in [0.25, 0.3) is 5.91 Å². The maximum Gasteiger partial charge on any atom is 0.287 e. The molecule has 0 aromatic heterocycles. The van der Waals surface area contributed by atoms with Crippen LogP contribution in [0.2, 0.25) is 10.0 Å². The van der Waals surface area contributed by atoms with Crippen LogP contribution in [-0.4, -0.2) is 33.1 Å². The standard InChI is InChI=1S/C18H21Cl2N3O/c1-23(2)9-8-21-17(13-6-4-3-5-7-13)18(24)22-16-11-14(19)10-15(20)12-16/h3-7,10-12,17,21H,8-9H2,1-2H3,(H,22,24)/p+2/t17-/m0/s1. The number of anilines is 1. The molecule has 0 aliphatic rings. The third-order valence-corrected chi connectivity index (χ3v) is 4.05. The van der Waals surface area contributed by atoms with Crippen LogP contribution in [0.4, 0.5) is 5.69 Å². The summed E-state index contributed by atoms with van der Waals surface area (Å²) in [6.07, 6.45) is 0. The van der Waals surface area contributed by atoms with Crippen LogP contribution < -0.4 is 15.5 Å². The van der Waals surface area contributed by atoms with E-state index in [4.69, 9.17) is 23.2 Å². The molecule has 0 saturated heterocycles. The zero-order chi connectivity index (χ0) is 17.5. The van der Waals surface area contributed by atoms with Crippen molar-refractivity contribution in [2.75, 3.05) is 32.5 Å². The van der Waals surface area contributed by atoms with Gasteiger partial charge in [-0.15, -0.1) is 0 Å². The maximum atomic E-state index is 12.8. The molecule has 0 radical (unpaired) electrons. The molecule has 0 heterocycles. The minimum atomic E-state index is -0.316. The average Bonchev–Trinajstić information content (AvgIpc) is 2.51. The van der Waals surface area contributed by atoms with E-state index in [1.165, 1.54) is 4.90 Å². The highest BCUT2D eigenvalue weighted by atomic mass is 35.5. The van der Waals surface area contributed by atoms with Crippen molar-refractivity contribution in [1.82, 2.24) is 0 Å². The fraction of sp³-hybridized carbons (Fsp3) is 0.278. The van der Waals surface area contributed by atoms with E-state index in [1.807, 2.05) is 30.3 Å². The zero-order valence-electron chi connectivity index (χ0n) is 13.9. The Bertz CT molecular complexity index is 657. The number of rotatable bonds is 7. The van der Waals surface area contributed by atoms with Gasteiger partial charge in [-0.1, -0.05) is 53.5 Å². The molecule has 0 spiro atoms. The predicted octanol–water partition coefficient (Wildman–Crippen LogP) is 1.38. The molecule has 0 aliphatic carbocycles. The summed E-state index contributed by atoms with van der Waals surface area (Å²) in [4.78, 5) is 14.1. The van der Waals surface area contributed by atoms with Crippen molar-refractivity contribution in [2.24, 2.45) is 0 Å². The summed E-state index contributed by atoms with van der Waals surface area (Å²) in [5.74, 6) is -0.0895. The number of nitrogens with two attached hydrogens (primary N) is 1. The summed E-state index contributed by atoms with van der Waals surface area (Å²) < 4.78 is 0. The van der Waals surface area contributed by atoms with Crippen LogP contribution in [0.15, 0.2) is 48.5 Å². The smallest absolute Gasteiger partial charge is 0.287 e. The molecular weight excluding hydrogens is 345 g/mol. The van der Waals surface area contributed by atoms with E-state index in [0.717, 1.165) is 18.7 Å². The van der Waals surface area contributed by atoms with Gasteiger partial charge in [0.2, 0.25) is 0 Å². The number of hydrogen-bond acceptors (Lipinski definition) is 1. The molecule has 2 aromatic rings. The SMILES string of the molecule is C[NH+](C)CC[NH2+][C@H](C(=O)Nc1cc(Cl)cc(Cl)c1)c1ccccc1. The largest absolute Gasteiger partial charge is 0.335 e. The average molecular weight is 368 g/mol. The van der Waals surface area contributed by atoms with Crippen LogP contribution >= 0.6 is 23.2 Å². The number of halogens is 2. The molecule has 0 aliphatic heterocycles. The van der Waals surface area contributed by atoms with Crippen LogP contribution in [0.1, 0.15) is 11.6 Å². The zero-order valence-corrected chi connectivity index (χ0v) is 15.4. The highest BCUT2D eigenvalue weighted by Gasteiger charge is 2.24. The number of carbonyl (C=O) groups excluding carboxylic acids is 1. The van der Waals surface area contributed by atoms with Crippen LogP contribution in [0.3, 0.4) is 0 Å². The van der Waals surface area contributed by atoms with E-state index in [0.29, 0.717) is 15.7 Å². The van der Waals surface area contributed by atoms with Crippen molar-refractivity contribution in [3.63, 3.8) is 0 Å². The molecular formula is C18H23Cl2N3O+2. The van der Waals surface area contributed by atoms with Crippen LogP contribution in [0, 0.1) is 0 Å². The van der Waals surface area contributed by atoms with Gasteiger partial charge in [0, 0.05) is 21.3 Å². The number of carbonyl (C=O) groups is 1. The first-order valence-electron chi connectivity index (χ1n) is 7.90. The molecule has 0 bridgehead atoms. The van der Waals surface area contributed by atoms with Crippen molar-refractivity contribution < 1.29 is 15.0 Å². The van der Waals surface area contributed by atoms with E-state index in [-0.39, 0.29) is 11.9 Å². The van der Waals surface area contributed by atoms with Crippen molar-refractivity contribution in [1.29, 1.82) is 0 Å². The number of benzene rings is 2. The topological polar surface area (TPSA) is 50.2 Å². The number of nitrogens with one attached hydrogen (secondary N) is 2. The van der Waals surface area contributed by atoms with Gasteiger partial charge >= 0.3 is 0 Å². The first kappa shape index (κ1) is 18.7. The molecule has 128 valence electrons. The Labute approximate surface area is 152 Å². The van der Waals surface area contributed by atoms with E-state index in [1.54, 1.807) is 18.2 Å². The lowest BCUT2D eigenvalue weighted by Crippen LogP contribution is -3.09. The highest BCUT2D eigenvalue weighted by Crippen LogP contribution is 2.23. The fourth-order valence-corrected chi connectivity index (χ4v) is 2.97. The molecule has 2 rings (SSSR count). The molecule has 4 N–H and O–H groups in total. The molecule has 2 aromatic carbocycles. The van der Waals surface area contributed by atoms with Gasteiger partial charge in [0.15, 0.2) is 6.04 Å². The van der Waals surface area contributed by atoms with E-state index in [2.05, 4.69) is 24.7 Å². The van der Waals surface area contributed by atoms with Crippen LogP contribution in [-0.2, 0) is 4.79 Å². The Morgan fingerprint density at radius 2 is 1.75 bits per heavy atom. The second-order valence-corrected chi connectivity index (χ2v) is 6.89. The number of quaternary nitrogens is 2. The van der Waals surface area contributed by atoms with Crippen molar-refractivity contribution >= 4 is 34.8 Å². The second kappa shape index (κ2) is 9.04. The predicted molar refractivity (Wildman–Crippen MR) is 98.7 cm³/mol. The Hall–Kier alpha value is -1.59. The molecule has 24 heavy (non-hydrogen) atoms. The van der Waals surface area contributed by atoms with E-state index < -0.39 is 0 Å².